The second-order valence-electron chi connectivity index (χ2n) is 5.38. The van der Waals surface area contributed by atoms with Crippen molar-refractivity contribution >= 4 is 11.9 Å². The molecule has 0 aliphatic carbocycles. The summed E-state index contributed by atoms with van der Waals surface area (Å²) in [6.45, 7) is 4.45. The number of carbonyl (C=O) groups excluding carboxylic acids is 2. The molecule has 0 heterocycles. The molecule has 0 aromatic carbocycles. The van der Waals surface area contributed by atoms with E-state index < -0.39 is 12.1 Å². The second-order valence-corrected chi connectivity index (χ2v) is 5.38. The summed E-state index contributed by atoms with van der Waals surface area (Å²) >= 11 is 0. The Balaban J connectivity index is 4.69. The molecule has 124 valence electrons. The van der Waals surface area contributed by atoms with E-state index in [1.165, 1.54) is 14.2 Å². The summed E-state index contributed by atoms with van der Waals surface area (Å²) in [7, 11) is 2.82. The van der Waals surface area contributed by atoms with Crippen LogP contribution in [0.2, 0.25) is 0 Å². The third kappa shape index (κ3) is 8.71. The van der Waals surface area contributed by atoms with Crippen LogP contribution in [0.5, 0.6) is 0 Å². The van der Waals surface area contributed by atoms with Crippen LogP contribution >= 0.6 is 0 Å². The molecule has 1 N–H and O–H groups in total. The Labute approximate surface area is 128 Å². The first kappa shape index (κ1) is 19.9. The highest BCUT2D eigenvalue weighted by Gasteiger charge is 2.27. The SMILES string of the molecule is CCCCCC(CCCC)C(=O)[C@H](COC)NC(=O)OC. The molecule has 0 saturated carbocycles. The maximum atomic E-state index is 12.6. The first-order valence-corrected chi connectivity index (χ1v) is 7.97. The van der Waals surface area contributed by atoms with E-state index in [-0.39, 0.29) is 18.3 Å². The van der Waals surface area contributed by atoms with Gasteiger partial charge < -0.3 is 14.8 Å². The number of alkyl carbamates (subject to hydrolysis) is 1. The highest BCUT2D eigenvalue weighted by molar-refractivity contribution is 5.89. The molecule has 0 aliphatic rings. The molecule has 0 radical (unpaired) electrons. The fourth-order valence-electron chi connectivity index (χ4n) is 2.37. The van der Waals surface area contributed by atoms with Crippen molar-refractivity contribution in [3.05, 3.63) is 0 Å². The van der Waals surface area contributed by atoms with Gasteiger partial charge in [0.25, 0.3) is 0 Å². The van der Waals surface area contributed by atoms with Gasteiger partial charge in [-0.1, -0.05) is 46.0 Å². The van der Waals surface area contributed by atoms with Gasteiger partial charge in [0.05, 0.1) is 13.7 Å². The van der Waals surface area contributed by atoms with E-state index in [0.29, 0.717) is 0 Å². The molecule has 0 rings (SSSR count). The number of hydrogen-bond donors (Lipinski definition) is 1. The second kappa shape index (κ2) is 12.6. The molecule has 5 heteroatoms. The minimum Gasteiger partial charge on any atom is -0.453 e. The number of hydrogen-bond acceptors (Lipinski definition) is 4. The number of nitrogens with one attached hydrogen (secondary N) is 1. The first-order chi connectivity index (χ1) is 10.1. The van der Waals surface area contributed by atoms with E-state index in [0.717, 1.165) is 44.9 Å². The number of Topliss-reactive ketones (excluding diaryl/α,β-unsaturated/α-hetero) is 1. The number of unbranched alkanes of at least 4 members (excludes halogenated alkanes) is 3. The summed E-state index contributed by atoms with van der Waals surface area (Å²) in [5.74, 6) is 0.0561. The lowest BCUT2D eigenvalue weighted by Gasteiger charge is -2.22. The zero-order valence-electron chi connectivity index (χ0n) is 13.9. The average molecular weight is 301 g/mol. The van der Waals surface area contributed by atoms with Crippen LogP contribution in [0.25, 0.3) is 0 Å². The Kier molecular flexibility index (Phi) is 12.0. The topological polar surface area (TPSA) is 64.6 Å². The highest BCUT2D eigenvalue weighted by Crippen LogP contribution is 2.19. The number of methoxy groups -OCH3 is 2. The van der Waals surface area contributed by atoms with Crippen LogP contribution in [0, 0.1) is 5.92 Å². The molecule has 2 atom stereocenters. The predicted octanol–water partition coefficient (Wildman–Crippen LogP) is 3.31. The van der Waals surface area contributed by atoms with Crippen LogP contribution in [0.15, 0.2) is 0 Å². The quantitative estimate of drug-likeness (QED) is 0.562. The van der Waals surface area contributed by atoms with Crippen molar-refractivity contribution in [3.8, 4) is 0 Å². The molecular weight excluding hydrogens is 270 g/mol. The summed E-state index contributed by atoms with van der Waals surface area (Å²) in [6.07, 6.45) is 6.59. The highest BCUT2D eigenvalue weighted by atomic mass is 16.5. The largest absolute Gasteiger partial charge is 0.453 e. The van der Waals surface area contributed by atoms with Crippen molar-refractivity contribution < 1.29 is 19.1 Å². The van der Waals surface area contributed by atoms with Crippen LogP contribution in [0.3, 0.4) is 0 Å². The number of carbonyl (C=O) groups is 2. The van der Waals surface area contributed by atoms with E-state index >= 15 is 0 Å². The van der Waals surface area contributed by atoms with Crippen molar-refractivity contribution in [3.63, 3.8) is 0 Å². The van der Waals surface area contributed by atoms with Gasteiger partial charge in [0.1, 0.15) is 6.04 Å². The van der Waals surface area contributed by atoms with Gasteiger partial charge >= 0.3 is 6.09 Å². The van der Waals surface area contributed by atoms with Crippen molar-refractivity contribution in [2.24, 2.45) is 5.92 Å². The van der Waals surface area contributed by atoms with Crippen molar-refractivity contribution in [1.29, 1.82) is 0 Å². The minimum atomic E-state index is -0.620. The van der Waals surface area contributed by atoms with Gasteiger partial charge in [0.15, 0.2) is 5.78 Å². The molecule has 0 aromatic rings. The summed E-state index contributed by atoms with van der Waals surface area (Å²) in [5, 5.41) is 2.58. The minimum absolute atomic E-state index is 0.00574. The lowest BCUT2D eigenvalue weighted by molar-refractivity contribution is -0.126. The van der Waals surface area contributed by atoms with Crippen molar-refractivity contribution in [2.75, 3.05) is 20.8 Å². The number of ether oxygens (including phenoxy) is 2. The van der Waals surface area contributed by atoms with Crippen molar-refractivity contribution in [2.45, 2.75) is 64.8 Å². The molecule has 1 amide bonds. The number of amides is 1. The normalized spacial score (nSPS) is 13.5. The van der Waals surface area contributed by atoms with Crippen molar-refractivity contribution in [1.82, 2.24) is 5.32 Å². The molecule has 0 aromatic heterocycles. The Morgan fingerprint density at radius 1 is 1.00 bits per heavy atom. The zero-order chi connectivity index (χ0) is 16.1. The summed E-state index contributed by atoms with van der Waals surface area (Å²) in [4.78, 5) is 24.0. The Morgan fingerprint density at radius 3 is 2.14 bits per heavy atom. The van der Waals surface area contributed by atoms with E-state index in [2.05, 4.69) is 23.9 Å². The zero-order valence-corrected chi connectivity index (χ0v) is 13.9. The monoisotopic (exact) mass is 301 g/mol. The van der Waals surface area contributed by atoms with Gasteiger partial charge in [-0.15, -0.1) is 0 Å². The lowest BCUT2D eigenvalue weighted by Crippen LogP contribution is -2.46. The van der Waals surface area contributed by atoms with Gasteiger partial charge in [0.2, 0.25) is 0 Å². The fourth-order valence-corrected chi connectivity index (χ4v) is 2.37. The van der Waals surface area contributed by atoms with E-state index in [1.54, 1.807) is 0 Å². The Morgan fingerprint density at radius 2 is 1.62 bits per heavy atom. The summed E-state index contributed by atoms with van der Waals surface area (Å²) in [5.41, 5.74) is 0. The Hall–Kier alpha value is -1.10. The van der Waals surface area contributed by atoms with Gasteiger partial charge in [-0.2, -0.15) is 0 Å². The molecular formula is C16H31NO4. The van der Waals surface area contributed by atoms with E-state index in [1.807, 2.05) is 0 Å². The summed E-state index contributed by atoms with van der Waals surface area (Å²) < 4.78 is 9.64. The van der Waals surface area contributed by atoms with Crippen LogP contribution in [-0.2, 0) is 14.3 Å². The molecule has 0 aliphatic heterocycles. The van der Waals surface area contributed by atoms with Crippen LogP contribution in [0.1, 0.15) is 58.8 Å². The standard InChI is InChI=1S/C16H31NO4/c1-5-7-9-11-13(10-8-6-2)15(18)14(12-20-3)17-16(19)21-4/h13-14H,5-12H2,1-4H3,(H,17,19)/t13?,14-/m0/s1. The van der Waals surface area contributed by atoms with Crippen LogP contribution in [0.4, 0.5) is 4.79 Å². The number of rotatable bonds is 12. The molecule has 0 saturated heterocycles. The van der Waals surface area contributed by atoms with Gasteiger partial charge in [-0.05, 0) is 12.8 Å². The van der Waals surface area contributed by atoms with Gasteiger partial charge in [-0.3, -0.25) is 4.79 Å². The van der Waals surface area contributed by atoms with Crippen LogP contribution < -0.4 is 5.32 Å². The fraction of sp³-hybridized carbons (Fsp3) is 0.875. The van der Waals surface area contributed by atoms with E-state index in [4.69, 9.17) is 4.74 Å². The predicted molar refractivity (Wildman–Crippen MR) is 83.4 cm³/mol. The third-order valence-electron chi connectivity index (χ3n) is 3.62. The lowest BCUT2D eigenvalue weighted by atomic mass is 9.88. The summed E-state index contributed by atoms with van der Waals surface area (Å²) in [6, 6.07) is -0.620. The smallest absolute Gasteiger partial charge is 0.407 e. The maximum absolute atomic E-state index is 12.6. The maximum Gasteiger partial charge on any atom is 0.407 e. The average Bonchev–Trinajstić information content (AvgIpc) is 2.49. The van der Waals surface area contributed by atoms with Gasteiger partial charge in [-0.25, -0.2) is 4.79 Å². The van der Waals surface area contributed by atoms with E-state index in [9.17, 15) is 9.59 Å². The van der Waals surface area contributed by atoms with Gasteiger partial charge in [0, 0.05) is 13.0 Å². The molecule has 0 spiro atoms. The molecule has 1 unspecified atom stereocenters. The van der Waals surface area contributed by atoms with Crippen LogP contribution in [-0.4, -0.2) is 38.7 Å². The Bertz CT molecular complexity index is 294. The third-order valence-corrected chi connectivity index (χ3v) is 3.62. The molecule has 0 fully saturated rings. The molecule has 21 heavy (non-hydrogen) atoms. The molecule has 5 nitrogen and oxygen atoms in total. The molecule has 0 bridgehead atoms. The number of ketones is 1. The first-order valence-electron chi connectivity index (χ1n) is 7.97.